The molecule has 0 aliphatic rings. The molecule has 0 N–H and O–H groups in total. The van der Waals surface area contributed by atoms with Gasteiger partial charge in [-0.2, -0.15) is 0 Å². The Morgan fingerprint density at radius 3 is 1.86 bits per heavy atom. The van der Waals surface area contributed by atoms with Gasteiger partial charge in [0.15, 0.2) is 0 Å². The Hall–Kier alpha value is 0. The third-order valence-electron chi connectivity index (χ3n) is 3.84. The summed E-state index contributed by atoms with van der Waals surface area (Å²) in [5.74, 6) is 2.84. The minimum absolute atomic E-state index is 0.929. The van der Waals surface area contributed by atoms with Crippen LogP contribution in [0.5, 0.6) is 0 Å². The van der Waals surface area contributed by atoms with Gasteiger partial charge in [-0.3, -0.25) is 0 Å². The minimum Gasteiger partial charge on any atom is -0.0654 e. The van der Waals surface area contributed by atoms with Gasteiger partial charge in [0.05, 0.1) is 0 Å². The van der Waals surface area contributed by atoms with E-state index in [1.54, 1.807) is 0 Å². The lowest BCUT2D eigenvalue weighted by Gasteiger charge is -2.23. The van der Waals surface area contributed by atoms with E-state index < -0.39 is 0 Å². The summed E-state index contributed by atoms with van der Waals surface area (Å²) in [5.41, 5.74) is 0. The zero-order valence-electron chi connectivity index (χ0n) is 11.0. The molecule has 0 aromatic carbocycles. The smallest absolute Gasteiger partial charge is 0.0389 e. The van der Waals surface area contributed by atoms with Crippen molar-refractivity contribution in [1.29, 1.82) is 0 Å². The van der Waals surface area contributed by atoms with Crippen LogP contribution in [0.4, 0.5) is 0 Å². The SMILES string of the molecule is CCCC(CCC(C)CC)C(C)CC. The van der Waals surface area contributed by atoms with Crippen LogP contribution in [0.15, 0.2) is 0 Å². The van der Waals surface area contributed by atoms with Crippen LogP contribution < -0.4 is 0 Å². The molecule has 0 radical (unpaired) electrons. The molecule has 0 fully saturated rings. The summed E-state index contributed by atoms with van der Waals surface area (Å²) >= 11 is 0. The molecule has 0 bridgehead atoms. The normalized spacial score (nSPS) is 17.8. The molecule has 0 aliphatic carbocycles. The molecule has 0 amide bonds. The van der Waals surface area contributed by atoms with Gasteiger partial charge in [0.2, 0.25) is 0 Å². The van der Waals surface area contributed by atoms with Crippen LogP contribution in [0, 0.1) is 17.8 Å². The molecular weight excluding hydrogens is 168 g/mol. The fraction of sp³-hybridized carbons (Fsp3) is 1.00. The summed E-state index contributed by atoms with van der Waals surface area (Å²) < 4.78 is 0. The number of rotatable bonds is 8. The molecule has 86 valence electrons. The van der Waals surface area contributed by atoms with Gasteiger partial charge in [-0.15, -0.1) is 0 Å². The largest absolute Gasteiger partial charge is 0.0654 e. The van der Waals surface area contributed by atoms with E-state index in [4.69, 9.17) is 0 Å². The predicted molar refractivity (Wildman–Crippen MR) is 66.5 cm³/mol. The van der Waals surface area contributed by atoms with E-state index in [0.29, 0.717) is 0 Å². The quantitative estimate of drug-likeness (QED) is 0.498. The second-order valence-electron chi connectivity index (χ2n) is 5.03. The first kappa shape index (κ1) is 14.0. The highest BCUT2D eigenvalue weighted by Crippen LogP contribution is 2.27. The number of hydrogen-bond donors (Lipinski definition) is 0. The molecule has 0 aliphatic heterocycles. The Morgan fingerprint density at radius 1 is 0.786 bits per heavy atom. The zero-order valence-corrected chi connectivity index (χ0v) is 11.0. The average Bonchev–Trinajstić information content (AvgIpc) is 2.22. The monoisotopic (exact) mass is 198 g/mol. The van der Waals surface area contributed by atoms with E-state index in [1.165, 1.54) is 38.5 Å². The van der Waals surface area contributed by atoms with Crippen LogP contribution in [0.1, 0.15) is 73.1 Å². The molecule has 14 heavy (non-hydrogen) atoms. The third kappa shape index (κ3) is 5.67. The molecular formula is C14H30. The Morgan fingerprint density at radius 2 is 1.43 bits per heavy atom. The van der Waals surface area contributed by atoms with Crippen molar-refractivity contribution >= 4 is 0 Å². The van der Waals surface area contributed by atoms with Crippen molar-refractivity contribution in [2.45, 2.75) is 73.1 Å². The lowest BCUT2D eigenvalue weighted by molar-refractivity contribution is 0.280. The van der Waals surface area contributed by atoms with Gasteiger partial charge >= 0.3 is 0 Å². The summed E-state index contributed by atoms with van der Waals surface area (Å²) in [4.78, 5) is 0. The third-order valence-corrected chi connectivity index (χ3v) is 3.84. The summed E-state index contributed by atoms with van der Waals surface area (Å²) in [6.45, 7) is 11.8. The molecule has 0 nitrogen and oxygen atoms in total. The zero-order chi connectivity index (χ0) is 11.0. The summed E-state index contributed by atoms with van der Waals surface area (Å²) in [5, 5.41) is 0. The lowest BCUT2D eigenvalue weighted by atomic mass is 9.82. The van der Waals surface area contributed by atoms with E-state index in [-0.39, 0.29) is 0 Å². The Bertz CT molecular complexity index is 117. The highest BCUT2D eigenvalue weighted by Gasteiger charge is 2.15. The fourth-order valence-corrected chi connectivity index (χ4v) is 2.12. The van der Waals surface area contributed by atoms with Gasteiger partial charge in [-0.25, -0.2) is 0 Å². The highest BCUT2D eigenvalue weighted by atomic mass is 14.2. The van der Waals surface area contributed by atoms with Crippen LogP contribution in [-0.4, -0.2) is 0 Å². The maximum absolute atomic E-state index is 2.43. The Labute approximate surface area is 91.5 Å². The maximum Gasteiger partial charge on any atom is -0.0389 e. The van der Waals surface area contributed by atoms with Crippen molar-refractivity contribution in [3.8, 4) is 0 Å². The van der Waals surface area contributed by atoms with Gasteiger partial charge in [0, 0.05) is 0 Å². The molecule has 0 aromatic rings. The predicted octanol–water partition coefficient (Wildman–Crippen LogP) is 5.28. The molecule has 3 unspecified atom stereocenters. The van der Waals surface area contributed by atoms with Crippen molar-refractivity contribution in [3.05, 3.63) is 0 Å². The first-order chi connectivity index (χ1) is 6.65. The van der Waals surface area contributed by atoms with Crippen molar-refractivity contribution in [3.63, 3.8) is 0 Å². The number of hydrogen-bond acceptors (Lipinski definition) is 0. The first-order valence-electron chi connectivity index (χ1n) is 6.65. The highest BCUT2D eigenvalue weighted by molar-refractivity contribution is 4.66. The molecule has 0 spiro atoms. The van der Waals surface area contributed by atoms with Crippen molar-refractivity contribution < 1.29 is 0 Å². The first-order valence-corrected chi connectivity index (χ1v) is 6.65. The standard InChI is InChI=1S/C14H30/c1-6-9-14(13(5)8-3)11-10-12(4)7-2/h12-14H,6-11H2,1-5H3. The Kier molecular flexibility index (Phi) is 8.32. The molecule has 0 saturated carbocycles. The second kappa shape index (κ2) is 8.32. The summed E-state index contributed by atoms with van der Waals surface area (Å²) in [7, 11) is 0. The maximum atomic E-state index is 2.43. The van der Waals surface area contributed by atoms with E-state index in [1.807, 2.05) is 0 Å². The second-order valence-corrected chi connectivity index (χ2v) is 5.03. The Balaban J connectivity index is 3.83. The van der Waals surface area contributed by atoms with Gasteiger partial charge in [-0.05, 0) is 24.2 Å². The lowest BCUT2D eigenvalue weighted by Crippen LogP contribution is -2.12. The molecule has 0 heterocycles. The topological polar surface area (TPSA) is 0 Å². The van der Waals surface area contributed by atoms with E-state index in [9.17, 15) is 0 Å². The van der Waals surface area contributed by atoms with Crippen molar-refractivity contribution in [2.75, 3.05) is 0 Å². The van der Waals surface area contributed by atoms with Gasteiger partial charge in [0.25, 0.3) is 0 Å². The minimum atomic E-state index is 0.929. The van der Waals surface area contributed by atoms with E-state index in [2.05, 4.69) is 34.6 Å². The average molecular weight is 198 g/mol. The van der Waals surface area contributed by atoms with Crippen molar-refractivity contribution in [1.82, 2.24) is 0 Å². The summed E-state index contributed by atoms with van der Waals surface area (Å²) in [6, 6.07) is 0. The van der Waals surface area contributed by atoms with Crippen LogP contribution in [-0.2, 0) is 0 Å². The molecule has 0 aromatic heterocycles. The summed E-state index contributed by atoms with van der Waals surface area (Å²) in [6.07, 6.45) is 8.38. The molecule has 0 saturated heterocycles. The van der Waals surface area contributed by atoms with Gasteiger partial charge < -0.3 is 0 Å². The van der Waals surface area contributed by atoms with Gasteiger partial charge in [-0.1, -0.05) is 66.7 Å². The van der Waals surface area contributed by atoms with Crippen molar-refractivity contribution in [2.24, 2.45) is 17.8 Å². The molecule has 3 atom stereocenters. The van der Waals surface area contributed by atoms with Crippen LogP contribution in [0.3, 0.4) is 0 Å². The van der Waals surface area contributed by atoms with E-state index in [0.717, 1.165) is 17.8 Å². The van der Waals surface area contributed by atoms with Crippen LogP contribution >= 0.6 is 0 Å². The van der Waals surface area contributed by atoms with Crippen LogP contribution in [0.25, 0.3) is 0 Å². The van der Waals surface area contributed by atoms with E-state index >= 15 is 0 Å². The van der Waals surface area contributed by atoms with Gasteiger partial charge in [0.1, 0.15) is 0 Å². The molecule has 0 heteroatoms. The fourth-order valence-electron chi connectivity index (χ4n) is 2.12. The van der Waals surface area contributed by atoms with Crippen LogP contribution in [0.2, 0.25) is 0 Å². The molecule has 0 rings (SSSR count).